The number of esters is 1. The second-order valence-electron chi connectivity index (χ2n) is 3.17. The molecule has 1 saturated heterocycles. The van der Waals surface area contributed by atoms with Gasteiger partial charge >= 0.3 is 5.97 Å². The number of aliphatic hydroxyl groups is 1. The molecule has 3 N–H and O–H groups in total. The molecule has 0 aliphatic carbocycles. The number of carbonyl (C=O) groups excluding carboxylic acids is 1. The minimum Gasteiger partial charge on any atom is -0.469 e. The molecule has 0 saturated carbocycles. The van der Waals surface area contributed by atoms with Crippen molar-refractivity contribution in [1.82, 2.24) is 10.6 Å². The molecule has 13 heavy (non-hydrogen) atoms. The Morgan fingerprint density at radius 2 is 2.08 bits per heavy atom. The Hall–Kier alpha value is -0.650. The van der Waals surface area contributed by atoms with E-state index in [1.807, 2.05) is 0 Å². The second-order valence-corrected chi connectivity index (χ2v) is 3.17. The third-order valence-corrected chi connectivity index (χ3v) is 2.17. The Kier molecular flexibility index (Phi) is 4.14. The van der Waals surface area contributed by atoms with E-state index in [1.165, 1.54) is 7.11 Å². The van der Waals surface area contributed by atoms with Crippen molar-refractivity contribution < 1.29 is 14.6 Å². The molecule has 1 aliphatic heterocycles. The van der Waals surface area contributed by atoms with Crippen molar-refractivity contribution in [3.05, 3.63) is 0 Å². The molecule has 0 aromatic rings. The molecule has 0 amide bonds. The summed E-state index contributed by atoms with van der Waals surface area (Å²) in [5.41, 5.74) is 0. The van der Waals surface area contributed by atoms with Gasteiger partial charge in [-0.25, -0.2) is 0 Å². The summed E-state index contributed by atoms with van der Waals surface area (Å²) in [4.78, 5) is 10.9. The largest absolute Gasteiger partial charge is 0.469 e. The van der Waals surface area contributed by atoms with E-state index in [0.29, 0.717) is 19.5 Å². The molecule has 76 valence electrons. The Morgan fingerprint density at radius 3 is 2.54 bits per heavy atom. The van der Waals surface area contributed by atoms with Crippen molar-refractivity contribution in [2.24, 2.45) is 0 Å². The van der Waals surface area contributed by atoms with E-state index >= 15 is 0 Å². The normalized spacial score (nSPS) is 28.5. The number of rotatable bonds is 3. The lowest BCUT2D eigenvalue weighted by atomic mass is 10.1. The van der Waals surface area contributed by atoms with Crippen LogP contribution >= 0.6 is 0 Å². The van der Waals surface area contributed by atoms with Gasteiger partial charge in [0.1, 0.15) is 0 Å². The van der Waals surface area contributed by atoms with Crippen molar-refractivity contribution in [1.29, 1.82) is 0 Å². The highest BCUT2D eigenvalue weighted by atomic mass is 16.5. The van der Waals surface area contributed by atoms with E-state index in [9.17, 15) is 4.79 Å². The van der Waals surface area contributed by atoms with Gasteiger partial charge in [0, 0.05) is 25.2 Å². The number of hydrogen-bond donors (Lipinski definition) is 3. The first-order chi connectivity index (χ1) is 6.26. The van der Waals surface area contributed by atoms with Crippen LogP contribution in [0.3, 0.4) is 0 Å². The standard InChI is InChI=1S/C8H16N2O3/c1-13-8(12)2-6-3-10-7(5-11)4-9-6/h6-7,9-11H,2-5H2,1H3/t6-,7-/m1/s1. The minimum atomic E-state index is -0.207. The molecule has 1 aliphatic rings. The van der Waals surface area contributed by atoms with E-state index < -0.39 is 0 Å². The molecule has 0 aromatic carbocycles. The number of hydrogen-bond acceptors (Lipinski definition) is 5. The maximum Gasteiger partial charge on any atom is 0.307 e. The van der Waals surface area contributed by atoms with Crippen LogP contribution < -0.4 is 10.6 Å². The molecule has 5 nitrogen and oxygen atoms in total. The van der Waals surface area contributed by atoms with Crippen molar-refractivity contribution in [3.8, 4) is 0 Å². The molecular formula is C8H16N2O3. The summed E-state index contributed by atoms with van der Waals surface area (Å²) < 4.78 is 4.55. The van der Waals surface area contributed by atoms with Crippen molar-refractivity contribution in [2.45, 2.75) is 18.5 Å². The predicted octanol–water partition coefficient (Wildman–Crippen LogP) is -1.53. The average Bonchev–Trinajstić information content (AvgIpc) is 2.19. The highest BCUT2D eigenvalue weighted by molar-refractivity contribution is 5.69. The number of ether oxygens (including phenoxy) is 1. The van der Waals surface area contributed by atoms with E-state index in [4.69, 9.17) is 5.11 Å². The lowest BCUT2D eigenvalue weighted by molar-refractivity contribution is -0.141. The van der Waals surface area contributed by atoms with Gasteiger partial charge in [0.25, 0.3) is 0 Å². The topological polar surface area (TPSA) is 70.6 Å². The highest BCUT2D eigenvalue weighted by Gasteiger charge is 2.21. The Bertz CT molecular complexity index is 167. The number of piperazine rings is 1. The second kappa shape index (κ2) is 5.16. The van der Waals surface area contributed by atoms with Crippen LogP contribution in [-0.4, -0.2) is 50.0 Å². The lowest BCUT2D eigenvalue weighted by Gasteiger charge is -2.29. The Labute approximate surface area is 77.5 Å². The molecular weight excluding hydrogens is 172 g/mol. The van der Waals surface area contributed by atoms with Gasteiger partial charge in [0.2, 0.25) is 0 Å². The van der Waals surface area contributed by atoms with Gasteiger partial charge in [-0.2, -0.15) is 0 Å². The van der Waals surface area contributed by atoms with Crippen molar-refractivity contribution in [3.63, 3.8) is 0 Å². The van der Waals surface area contributed by atoms with Crippen LogP contribution in [0.4, 0.5) is 0 Å². The van der Waals surface area contributed by atoms with Gasteiger partial charge in [-0.3, -0.25) is 4.79 Å². The summed E-state index contributed by atoms with van der Waals surface area (Å²) in [6, 6.07) is 0.226. The third-order valence-electron chi connectivity index (χ3n) is 2.17. The van der Waals surface area contributed by atoms with Gasteiger partial charge in [-0.05, 0) is 0 Å². The third kappa shape index (κ3) is 3.30. The van der Waals surface area contributed by atoms with Crippen LogP contribution in [0.1, 0.15) is 6.42 Å². The maximum atomic E-state index is 10.9. The fourth-order valence-electron chi connectivity index (χ4n) is 1.32. The Morgan fingerprint density at radius 1 is 1.46 bits per heavy atom. The molecule has 5 heteroatoms. The van der Waals surface area contributed by atoms with Crippen LogP contribution in [0.15, 0.2) is 0 Å². The van der Waals surface area contributed by atoms with Crippen molar-refractivity contribution >= 4 is 5.97 Å². The van der Waals surface area contributed by atoms with Gasteiger partial charge in [-0.1, -0.05) is 0 Å². The van der Waals surface area contributed by atoms with E-state index in [-0.39, 0.29) is 24.7 Å². The SMILES string of the molecule is COC(=O)C[C@@H]1CN[C@@H](CO)CN1. The number of nitrogens with one attached hydrogen (secondary N) is 2. The lowest BCUT2D eigenvalue weighted by Crippen LogP contribution is -2.56. The van der Waals surface area contributed by atoms with Crippen LogP contribution in [0.5, 0.6) is 0 Å². The van der Waals surface area contributed by atoms with Gasteiger partial charge in [0.15, 0.2) is 0 Å². The summed E-state index contributed by atoms with van der Waals surface area (Å²) in [7, 11) is 1.38. The van der Waals surface area contributed by atoms with E-state index in [2.05, 4.69) is 15.4 Å². The van der Waals surface area contributed by atoms with Crippen LogP contribution in [0.25, 0.3) is 0 Å². The quantitative estimate of drug-likeness (QED) is 0.469. The maximum absolute atomic E-state index is 10.9. The molecule has 0 bridgehead atoms. The van der Waals surface area contributed by atoms with Crippen LogP contribution in [0, 0.1) is 0 Å². The zero-order chi connectivity index (χ0) is 9.68. The minimum absolute atomic E-state index is 0.105. The number of carbonyl (C=O) groups is 1. The first-order valence-corrected chi connectivity index (χ1v) is 4.40. The van der Waals surface area contributed by atoms with E-state index in [1.54, 1.807) is 0 Å². The van der Waals surface area contributed by atoms with Crippen LogP contribution in [-0.2, 0) is 9.53 Å². The number of aliphatic hydroxyl groups excluding tert-OH is 1. The predicted molar refractivity (Wildman–Crippen MR) is 47.3 cm³/mol. The molecule has 0 spiro atoms. The summed E-state index contributed by atoms with van der Waals surface area (Å²) in [5, 5.41) is 15.1. The van der Waals surface area contributed by atoms with Crippen LogP contribution in [0.2, 0.25) is 0 Å². The van der Waals surface area contributed by atoms with Gasteiger partial charge in [-0.15, -0.1) is 0 Å². The fraction of sp³-hybridized carbons (Fsp3) is 0.875. The molecule has 0 aromatic heterocycles. The molecule has 0 radical (unpaired) electrons. The summed E-state index contributed by atoms with van der Waals surface area (Å²) in [6.07, 6.45) is 0.377. The molecule has 2 atom stereocenters. The highest BCUT2D eigenvalue weighted by Crippen LogP contribution is 1.98. The van der Waals surface area contributed by atoms with Gasteiger partial charge in [0.05, 0.1) is 20.1 Å². The summed E-state index contributed by atoms with van der Waals surface area (Å²) in [6.45, 7) is 1.51. The average molecular weight is 188 g/mol. The molecule has 1 rings (SSSR count). The van der Waals surface area contributed by atoms with Crippen molar-refractivity contribution in [2.75, 3.05) is 26.8 Å². The molecule has 1 heterocycles. The van der Waals surface area contributed by atoms with E-state index in [0.717, 1.165) is 0 Å². The molecule has 1 fully saturated rings. The smallest absolute Gasteiger partial charge is 0.307 e. The zero-order valence-corrected chi connectivity index (χ0v) is 7.75. The zero-order valence-electron chi connectivity index (χ0n) is 7.75. The van der Waals surface area contributed by atoms with Gasteiger partial charge < -0.3 is 20.5 Å². The first-order valence-electron chi connectivity index (χ1n) is 4.40. The summed E-state index contributed by atoms with van der Waals surface area (Å²) in [5.74, 6) is -0.207. The molecule has 0 unspecified atom stereocenters. The first kappa shape index (κ1) is 10.4. The Balaban J connectivity index is 2.21. The fourth-order valence-corrected chi connectivity index (χ4v) is 1.32. The summed E-state index contributed by atoms with van der Waals surface area (Å²) >= 11 is 0. The number of methoxy groups -OCH3 is 1. The monoisotopic (exact) mass is 188 g/mol.